The fraction of sp³-hybridized carbons (Fsp3) is 0.875. The Morgan fingerprint density at radius 2 is 1.95 bits per heavy atom. The van der Waals surface area contributed by atoms with Crippen LogP contribution in [-0.4, -0.2) is 16.2 Å². The van der Waals surface area contributed by atoms with Crippen LogP contribution in [0.5, 0.6) is 0 Å². The summed E-state index contributed by atoms with van der Waals surface area (Å²) in [5, 5.41) is 7.79. The van der Waals surface area contributed by atoms with Crippen molar-refractivity contribution in [3.63, 3.8) is 0 Å². The fourth-order valence-corrected chi connectivity index (χ4v) is 2.93. The third-order valence-electron chi connectivity index (χ3n) is 4.65. The van der Waals surface area contributed by atoms with Gasteiger partial charge in [-0.3, -0.25) is 0 Å². The molecule has 1 aliphatic rings. The van der Waals surface area contributed by atoms with E-state index in [4.69, 9.17) is 4.52 Å². The lowest BCUT2D eigenvalue weighted by atomic mass is 9.78. The molecule has 1 heterocycles. The van der Waals surface area contributed by atoms with Gasteiger partial charge in [0, 0.05) is 11.5 Å². The molecule has 1 N–H and O–H groups in total. The standard InChI is InChI=1S/C16H29N3O/c1-10-8-7-9-13(11(10)2)17-12(3)14-18-15(19-20-14)16(4,5)6/h10-13,17H,7-9H2,1-6H3. The van der Waals surface area contributed by atoms with Crippen molar-refractivity contribution in [2.24, 2.45) is 11.8 Å². The van der Waals surface area contributed by atoms with Crippen LogP contribution in [0.3, 0.4) is 0 Å². The number of rotatable bonds is 3. The molecule has 0 aliphatic heterocycles. The van der Waals surface area contributed by atoms with Gasteiger partial charge in [0.1, 0.15) is 0 Å². The van der Waals surface area contributed by atoms with Gasteiger partial charge in [0.15, 0.2) is 5.82 Å². The van der Waals surface area contributed by atoms with E-state index in [1.807, 2.05) is 0 Å². The third kappa shape index (κ3) is 3.40. The molecular formula is C16H29N3O. The minimum Gasteiger partial charge on any atom is -0.338 e. The Morgan fingerprint density at radius 1 is 1.25 bits per heavy atom. The molecule has 4 atom stereocenters. The highest BCUT2D eigenvalue weighted by atomic mass is 16.5. The first-order valence-electron chi connectivity index (χ1n) is 7.89. The van der Waals surface area contributed by atoms with E-state index in [-0.39, 0.29) is 11.5 Å². The van der Waals surface area contributed by atoms with Crippen LogP contribution >= 0.6 is 0 Å². The van der Waals surface area contributed by atoms with Crippen LogP contribution < -0.4 is 5.32 Å². The largest absolute Gasteiger partial charge is 0.338 e. The summed E-state index contributed by atoms with van der Waals surface area (Å²) in [6.07, 6.45) is 3.91. The van der Waals surface area contributed by atoms with Crippen molar-refractivity contribution in [1.82, 2.24) is 15.5 Å². The molecule has 0 aromatic carbocycles. The molecule has 1 aromatic rings. The van der Waals surface area contributed by atoms with Gasteiger partial charge in [0.05, 0.1) is 6.04 Å². The minimum absolute atomic E-state index is 0.0614. The zero-order chi connectivity index (χ0) is 14.9. The van der Waals surface area contributed by atoms with E-state index in [2.05, 4.69) is 57.0 Å². The first-order valence-corrected chi connectivity index (χ1v) is 7.89. The van der Waals surface area contributed by atoms with Crippen molar-refractivity contribution in [1.29, 1.82) is 0 Å². The molecule has 1 fully saturated rings. The number of hydrogen-bond acceptors (Lipinski definition) is 4. The van der Waals surface area contributed by atoms with Gasteiger partial charge in [0.2, 0.25) is 5.89 Å². The average Bonchev–Trinajstić information content (AvgIpc) is 2.84. The van der Waals surface area contributed by atoms with E-state index in [9.17, 15) is 0 Å². The monoisotopic (exact) mass is 279 g/mol. The Hall–Kier alpha value is -0.900. The van der Waals surface area contributed by atoms with E-state index in [0.29, 0.717) is 17.9 Å². The summed E-state index contributed by atoms with van der Waals surface area (Å²) >= 11 is 0. The highest BCUT2D eigenvalue weighted by Crippen LogP contribution is 2.31. The van der Waals surface area contributed by atoms with Gasteiger partial charge in [-0.25, -0.2) is 0 Å². The average molecular weight is 279 g/mol. The highest BCUT2D eigenvalue weighted by molar-refractivity contribution is 5.02. The van der Waals surface area contributed by atoms with Crippen molar-refractivity contribution < 1.29 is 4.52 Å². The summed E-state index contributed by atoms with van der Waals surface area (Å²) in [6, 6.07) is 0.676. The summed E-state index contributed by atoms with van der Waals surface area (Å²) < 4.78 is 5.43. The summed E-state index contributed by atoms with van der Waals surface area (Å²) in [7, 11) is 0. The molecular weight excluding hydrogens is 250 g/mol. The molecule has 1 aliphatic carbocycles. The molecule has 0 spiro atoms. The zero-order valence-corrected chi connectivity index (χ0v) is 13.7. The van der Waals surface area contributed by atoms with Gasteiger partial charge < -0.3 is 9.84 Å². The van der Waals surface area contributed by atoms with Crippen molar-refractivity contribution in [3.05, 3.63) is 11.7 Å². The van der Waals surface area contributed by atoms with Crippen LogP contribution in [0.4, 0.5) is 0 Å². The lowest BCUT2D eigenvalue weighted by Crippen LogP contribution is -2.41. The Bertz CT molecular complexity index is 435. The topological polar surface area (TPSA) is 51.0 Å². The van der Waals surface area contributed by atoms with Crippen LogP contribution in [0, 0.1) is 11.8 Å². The quantitative estimate of drug-likeness (QED) is 0.913. The third-order valence-corrected chi connectivity index (χ3v) is 4.65. The normalized spacial score (nSPS) is 29.4. The van der Waals surface area contributed by atoms with Crippen LogP contribution in [0.15, 0.2) is 4.52 Å². The maximum absolute atomic E-state index is 5.43. The Kier molecular flexibility index (Phi) is 4.52. The van der Waals surface area contributed by atoms with E-state index in [1.54, 1.807) is 0 Å². The molecule has 1 aromatic heterocycles. The molecule has 0 bridgehead atoms. The fourth-order valence-electron chi connectivity index (χ4n) is 2.93. The SMILES string of the molecule is CC(NC1CCCC(C)C1C)c1nc(C(C)(C)C)no1. The summed E-state index contributed by atoms with van der Waals surface area (Å²) in [6.45, 7) is 13.1. The molecule has 1 saturated carbocycles. The van der Waals surface area contributed by atoms with Crippen molar-refractivity contribution in [2.75, 3.05) is 0 Å². The molecule has 4 heteroatoms. The predicted octanol–water partition coefficient (Wildman–Crippen LogP) is 3.84. The van der Waals surface area contributed by atoms with E-state index in [0.717, 1.165) is 11.7 Å². The van der Waals surface area contributed by atoms with Gasteiger partial charge in [0.25, 0.3) is 0 Å². The van der Waals surface area contributed by atoms with Crippen LogP contribution in [0.1, 0.15) is 78.6 Å². The van der Waals surface area contributed by atoms with E-state index >= 15 is 0 Å². The second-order valence-corrected chi connectivity index (χ2v) is 7.47. The Morgan fingerprint density at radius 3 is 2.55 bits per heavy atom. The zero-order valence-electron chi connectivity index (χ0n) is 13.7. The van der Waals surface area contributed by atoms with Crippen molar-refractivity contribution in [3.8, 4) is 0 Å². The first-order chi connectivity index (χ1) is 9.29. The maximum Gasteiger partial charge on any atom is 0.243 e. The second-order valence-electron chi connectivity index (χ2n) is 7.47. The van der Waals surface area contributed by atoms with E-state index < -0.39 is 0 Å². The number of hydrogen-bond donors (Lipinski definition) is 1. The minimum atomic E-state index is -0.0614. The molecule has 20 heavy (non-hydrogen) atoms. The van der Waals surface area contributed by atoms with Crippen molar-refractivity contribution >= 4 is 0 Å². The summed E-state index contributed by atoms with van der Waals surface area (Å²) in [4.78, 5) is 4.55. The summed E-state index contributed by atoms with van der Waals surface area (Å²) in [5.41, 5.74) is -0.0614. The molecule has 0 saturated heterocycles. The Labute approximate surface area is 122 Å². The number of aromatic nitrogens is 2. The number of nitrogens with zero attached hydrogens (tertiary/aromatic N) is 2. The van der Waals surface area contributed by atoms with Gasteiger partial charge in [-0.15, -0.1) is 0 Å². The highest BCUT2D eigenvalue weighted by Gasteiger charge is 2.30. The van der Waals surface area contributed by atoms with Crippen LogP contribution in [0.2, 0.25) is 0 Å². The van der Waals surface area contributed by atoms with E-state index in [1.165, 1.54) is 19.3 Å². The first kappa shape index (κ1) is 15.5. The molecule has 0 amide bonds. The van der Waals surface area contributed by atoms with Gasteiger partial charge >= 0.3 is 0 Å². The molecule has 4 nitrogen and oxygen atoms in total. The van der Waals surface area contributed by atoms with Crippen LogP contribution in [0.25, 0.3) is 0 Å². The van der Waals surface area contributed by atoms with Crippen LogP contribution in [-0.2, 0) is 5.41 Å². The molecule has 4 unspecified atom stereocenters. The smallest absolute Gasteiger partial charge is 0.243 e. The number of nitrogens with one attached hydrogen (secondary N) is 1. The van der Waals surface area contributed by atoms with Gasteiger partial charge in [-0.05, 0) is 25.2 Å². The van der Waals surface area contributed by atoms with Gasteiger partial charge in [-0.2, -0.15) is 4.98 Å². The molecule has 114 valence electrons. The Balaban J connectivity index is 2.01. The van der Waals surface area contributed by atoms with Crippen molar-refractivity contribution in [2.45, 2.75) is 78.3 Å². The lowest BCUT2D eigenvalue weighted by Gasteiger charge is -2.35. The van der Waals surface area contributed by atoms with Gasteiger partial charge in [-0.1, -0.05) is 52.6 Å². The maximum atomic E-state index is 5.43. The lowest BCUT2D eigenvalue weighted by molar-refractivity contribution is 0.187. The predicted molar refractivity (Wildman–Crippen MR) is 80.5 cm³/mol. The summed E-state index contributed by atoms with van der Waals surface area (Å²) in [5.74, 6) is 2.99. The second kappa shape index (κ2) is 5.84. The molecule has 2 rings (SSSR count). The molecule has 0 radical (unpaired) electrons.